The normalized spacial score (nSPS) is 25.9. The van der Waals surface area contributed by atoms with Crippen LogP contribution in [-0.4, -0.2) is 60.0 Å². The Labute approximate surface area is 123 Å². The van der Waals surface area contributed by atoms with Gasteiger partial charge in [0.1, 0.15) is 0 Å². The van der Waals surface area contributed by atoms with E-state index < -0.39 is 0 Å². The van der Waals surface area contributed by atoms with Gasteiger partial charge in [0.25, 0.3) is 0 Å². The summed E-state index contributed by atoms with van der Waals surface area (Å²) in [5, 5.41) is 3.33. The highest BCUT2D eigenvalue weighted by Gasteiger charge is 2.31. The molecule has 116 valence electrons. The summed E-state index contributed by atoms with van der Waals surface area (Å²) in [6.07, 6.45) is 0.914. The van der Waals surface area contributed by atoms with Gasteiger partial charge in [0, 0.05) is 19.7 Å². The Morgan fingerprint density at radius 1 is 1.10 bits per heavy atom. The van der Waals surface area contributed by atoms with Gasteiger partial charge in [-0.25, -0.2) is 5.84 Å². The minimum atomic E-state index is -0.157. The quantitative estimate of drug-likeness (QED) is 0.504. The maximum atomic E-state index is 5.46. The molecule has 0 bridgehead atoms. The molecule has 0 aromatic carbocycles. The van der Waals surface area contributed by atoms with Crippen molar-refractivity contribution in [2.75, 3.05) is 55.2 Å². The van der Waals surface area contributed by atoms with E-state index in [1.165, 1.54) is 0 Å². The van der Waals surface area contributed by atoms with Gasteiger partial charge in [0.2, 0.25) is 17.8 Å². The van der Waals surface area contributed by atoms with Crippen LogP contribution in [0.5, 0.6) is 0 Å². The van der Waals surface area contributed by atoms with Crippen LogP contribution >= 0.6 is 0 Å². The summed E-state index contributed by atoms with van der Waals surface area (Å²) in [6, 6.07) is 0. The smallest absolute Gasteiger partial charge is 0.243 e. The molecule has 3 rings (SSSR count). The maximum absolute atomic E-state index is 5.46. The molecule has 0 aliphatic carbocycles. The molecule has 2 aliphatic rings. The number of hydrazine groups is 1. The second-order valence-electron chi connectivity index (χ2n) is 5.51. The number of morpholine rings is 1. The number of nitrogens with one attached hydrogen (secondary N) is 2. The minimum Gasteiger partial charge on any atom is -0.379 e. The second kappa shape index (κ2) is 5.96. The Morgan fingerprint density at radius 2 is 1.86 bits per heavy atom. The molecule has 2 fully saturated rings. The number of ether oxygens (including phenoxy) is 2. The van der Waals surface area contributed by atoms with Crippen molar-refractivity contribution in [1.29, 1.82) is 0 Å². The molecule has 9 heteroatoms. The van der Waals surface area contributed by atoms with Crippen molar-refractivity contribution < 1.29 is 9.47 Å². The summed E-state index contributed by atoms with van der Waals surface area (Å²) >= 11 is 0. The van der Waals surface area contributed by atoms with Crippen molar-refractivity contribution >= 4 is 17.8 Å². The third-order valence-electron chi connectivity index (χ3n) is 3.68. The molecule has 2 saturated heterocycles. The number of hydrogen-bond acceptors (Lipinski definition) is 9. The van der Waals surface area contributed by atoms with Crippen LogP contribution in [0, 0.1) is 0 Å². The highest BCUT2D eigenvalue weighted by Crippen LogP contribution is 2.23. The van der Waals surface area contributed by atoms with Crippen molar-refractivity contribution in [3.63, 3.8) is 0 Å². The molecule has 21 heavy (non-hydrogen) atoms. The lowest BCUT2D eigenvalue weighted by Gasteiger charge is -2.28. The summed E-state index contributed by atoms with van der Waals surface area (Å²) in [4.78, 5) is 15.1. The minimum absolute atomic E-state index is 0.157. The van der Waals surface area contributed by atoms with Crippen molar-refractivity contribution in [3.8, 4) is 0 Å². The molecule has 4 N–H and O–H groups in total. The summed E-state index contributed by atoms with van der Waals surface area (Å²) in [5.74, 6) is 6.91. The van der Waals surface area contributed by atoms with Crippen LogP contribution in [0.2, 0.25) is 0 Å². The fourth-order valence-electron chi connectivity index (χ4n) is 2.43. The molecule has 9 nitrogen and oxygen atoms in total. The van der Waals surface area contributed by atoms with Crippen molar-refractivity contribution in [3.05, 3.63) is 0 Å². The molecule has 0 spiro atoms. The number of rotatable bonds is 4. The molecular weight excluding hydrogens is 274 g/mol. The van der Waals surface area contributed by atoms with Crippen LogP contribution in [-0.2, 0) is 9.47 Å². The number of anilines is 3. The Hall–Kier alpha value is -1.71. The molecule has 3 heterocycles. The molecule has 1 aromatic rings. The molecule has 2 aliphatic heterocycles. The van der Waals surface area contributed by atoms with Crippen molar-refractivity contribution in [1.82, 2.24) is 15.0 Å². The lowest BCUT2D eigenvalue weighted by Crippen LogP contribution is -2.39. The Morgan fingerprint density at radius 3 is 2.52 bits per heavy atom. The van der Waals surface area contributed by atoms with E-state index in [4.69, 9.17) is 15.3 Å². The van der Waals surface area contributed by atoms with Crippen LogP contribution in [0.15, 0.2) is 0 Å². The van der Waals surface area contributed by atoms with Gasteiger partial charge >= 0.3 is 0 Å². The average Bonchev–Trinajstić information content (AvgIpc) is 2.94. The van der Waals surface area contributed by atoms with Crippen LogP contribution in [0.1, 0.15) is 13.3 Å². The summed E-state index contributed by atoms with van der Waals surface area (Å²) in [5.41, 5.74) is 2.34. The molecule has 0 saturated carbocycles. The van der Waals surface area contributed by atoms with Gasteiger partial charge in [-0.2, -0.15) is 15.0 Å². The molecular formula is C12H21N7O2. The molecule has 1 aromatic heterocycles. The van der Waals surface area contributed by atoms with E-state index in [2.05, 4.69) is 37.5 Å². The van der Waals surface area contributed by atoms with E-state index in [1.807, 2.05) is 0 Å². The van der Waals surface area contributed by atoms with E-state index in [-0.39, 0.29) is 5.54 Å². The third kappa shape index (κ3) is 3.31. The van der Waals surface area contributed by atoms with Crippen LogP contribution in [0.4, 0.5) is 17.8 Å². The van der Waals surface area contributed by atoms with E-state index in [0.717, 1.165) is 26.1 Å². The standard InChI is InChI=1S/C12H21N7O2/c1-12(2-5-21-8-12)17-9-14-10(18-13)16-11(15-9)19-3-6-20-7-4-19/h2-8,13H2,1H3,(H2,14,15,16,17,18). The van der Waals surface area contributed by atoms with Gasteiger partial charge in [0.15, 0.2) is 0 Å². The zero-order valence-electron chi connectivity index (χ0n) is 12.1. The predicted molar refractivity (Wildman–Crippen MR) is 78.1 cm³/mol. The van der Waals surface area contributed by atoms with Gasteiger partial charge in [-0.05, 0) is 13.3 Å². The van der Waals surface area contributed by atoms with Crippen molar-refractivity contribution in [2.24, 2.45) is 5.84 Å². The molecule has 1 atom stereocenters. The summed E-state index contributed by atoms with van der Waals surface area (Å²) < 4.78 is 10.8. The first-order valence-electron chi connectivity index (χ1n) is 7.10. The lowest BCUT2D eigenvalue weighted by atomic mass is 10.0. The lowest BCUT2D eigenvalue weighted by molar-refractivity contribution is 0.122. The summed E-state index contributed by atoms with van der Waals surface area (Å²) in [6.45, 7) is 6.33. The van der Waals surface area contributed by atoms with Gasteiger partial charge < -0.3 is 19.7 Å². The molecule has 1 unspecified atom stereocenters. The SMILES string of the molecule is CC1(Nc2nc(NN)nc(N3CCOCC3)n2)CCOC1. The van der Waals surface area contributed by atoms with E-state index in [1.54, 1.807) is 0 Å². The number of nitrogen functional groups attached to an aromatic ring is 1. The predicted octanol–water partition coefficient (Wildman–Crippen LogP) is -0.415. The zero-order chi connectivity index (χ0) is 14.7. The van der Waals surface area contributed by atoms with Crippen LogP contribution < -0.4 is 21.5 Å². The Bertz CT molecular complexity index is 486. The number of nitrogens with zero attached hydrogens (tertiary/aromatic N) is 4. The van der Waals surface area contributed by atoms with Gasteiger partial charge in [-0.15, -0.1) is 0 Å². The second-order valence-corrected chi connectivity index (χ2v) is 5.51. The average molecular weight is 295 g/mol. The molecule has 0 amide bonds. The fourth-order valence-corrected chi connectivity index (χ4v) is 2.43. The first-order chi connectivity index (χ1) is 10.2. The molecule has 0 radical (unpaired) electrons. The first kappa shape index (κ1) is 14.2. The Kier molecular flexibility index (Phi) is 4.04. The van der Waals surface area contributed by atoms with E-state index in [0.29, 0.717) is 37.7 Å². The topological polar surface area (TPSA) is 110 Å². The highest BCUT2D eigenvalue weighted by atomic mass is 16.5. The fraction of sp³-hybridized carbons (Fsp3) is 0.750. The zero-order valence-corrected chi connectivity index (χ0v) is 12.1. The van der Waals surface area contributed by atoms with Crippen LogP contribution in [0.25, 0.3) is 0 Å². The first-order valence-corrected chi connectivity index (χ1v) is 7.10. The largest absolute Gasteiger partial charge is 0.379 e. The highest BCUT2D eigenvalue weighted by molar-refractivity contribution is 5.44. The number of nitrogens with two attached hydrogens (primary N) is 1. The maximum Gasteiger partial charge on any atom is 0.243 e. The van der Waals surface area contributed by atoms with E-state index in [9.17, 15) is 0 Å². The number of hydrogen-bond donors (Lipinski definition) is 3. The van der Waals surface area contributed by atoms with Crippen LogP contribution in [0.3, 0.4) is 0 Å². The Balaban J connectivity index is 1.82. The van der Waals surface area contributed by atoms with Gasteiger partial charge in [-0.1, -0.05) is 0 Å². The monoisotopic (exact) mass is 295 g/mol. The van der Waals surface area contributed by atoms with Gasteiger partial charge in [-0.3, -0.25) is 5.43 Å². The van der Waals surface area contributed by atoms with Gasteiger partial charge in [0.05, 0.1) is 25.4 Å². The summed E-state index contributed by atoms with van der Waals surface area (Å²) in [7, 11) is 0. The third-order valence-corrected chi connectivity index (χ3v) is 3.68. The number of aromatic nitrogens is 3. The van der Waals surface area contributed by atoms with Crippen molar-refractivity contribution in [2.45, 2.75) is 18.9 Å². The van der Waals surface area contributed by atoms with E-state index >= 15 is 0 Å².